The average molecular weight is 544 g/mol. The fraction of sp³-hybridized carbons (Fsp3) is 0.538. The fourth-order valence-electron chi connectivity index (χ4n) is 3.23. The highest BCUT2D eigenvalue weighted by molar-refractivity contribution is 6.75. The van der Waals surface area contributed by atoms with E-state index in [4.69, 9.17) is 8.85 Å². The highest BCUT2D eigenvalue weighted by Gasteiger charge is 2.40. The zero-order valence-electron chi connectivity index (χ0n) is 24.0. The van der Waals surface area contributed by atoms with E-state index in [2.05, 4.69) is 88.0 Å². The second kappa shape index (κ2) is 9.75. The maximum absolute atomic E-state index is 12.5. The number of anilines is 1. The molecule has 2 aromatic heterocycles. The Morgan fingerprint density at radius 2 is 1.49 bits per heavy atom. The van der Waals surface area contributed by atoms with Crippen LogP contribution in [0.4, 0.5) is 5.95 Å². The number of imidazole rings is 1. The van der Waals surface area contributed by atoms with Gasteiger partial charge in [0.15, 0.2) is 11.2 Å². The van der Waals surface area contributed by atoms with Crippen molar-refractivity contribution in [2.45, 2.75) is 91.3 Å². The average Bonchev–Trinajstić information content (AvgIpc) is 3.08. The Kier molecular flexibility index (Phi) is 7.55. The standard InChI is InChI=1S/C26H41N5O4Si2/c1-17(32)28-24-29-22-21(23(33)30-24)27-16-31(22)15-18-12-19(34-36(8,9)25(2,3)4)14-20(13-18)35-37(10,11)26(5,6)7/h12-14,16H,15H2,1-11H3,(H2,28,29,30,32,33). The molecule has 37 heavy (non-hydrogen) atoms. The highest BCUT2D eigenvalue weighted by atomic mass is 28.4. The van der Waals surface area contributed by atoms with Crippen molar-refractivity contribution < 1.29 is 13.6 Å². The van der Waals surface area contributed by atoms with Crippen molar-refractivity contribution in [3.8, 4) is 11.5 Å². The van der Waals surface area contributed by atoms with Crippen LogP contribution in [0.25, 0.3) is 11.2 Å². The molecule has 2 heterocycles. The molecular formula is C26H41N5O4Si2. The van der Waals surface area contributed by atoms with Crippen LogP contribution >= 0.6 is 0 Å². The number of amides is 1. The van der Waals surface area contributed by atoms with Crippen LogP contribution in [0.5, 0.6) is 11.5 Å². The molecule has 0 saturated carbocycles. The van der Waals surface area contributed by atoms with Gasteiger partial charge in [-0.15, -0.1) is 0 Å². The summed E-state index contributed by atoms with van der Waals surface area (Å²) in [7, 11) is -4.20. The number of carbonyl (C=O) groups is 1. The zero-order chi connectivity index (χ0) is 28.0. The van der Waals surface area contributed by atoms with Crippen LogP contribution in [-0.2, 0) is 11.3 Å². The van der Waals surface area contributed by atoms with Crippen molar-refractivity contribution in [2.24, 2.45) is 0 Å². The van der Waals surface area contributed by atoms with Crippen LogP contribution in [0.3, 0.4) is 0 Å². The van der Waals surface area contributed by atoms with Crippen LogP contribution in [-0.4, -0.2) is 42.1 Å². The molecule has 0 bridgehead atoms. The third-order valence-electron chi connectivity index (χ3n) is 7.42. The van der Waals surface area contributed by atoms with E-state index in [-0.39, 0.29) is 27.4 Å². The molecule has 9 nitrogen and oxygen atoms in total. The molecule has 1 amide bonds. The molecule has 0 radical (unpaired) electrons. The smallest absolute Gasteiger partial charge is 0.280 e. The van der Waals surface area contributed by atoms with Gasteiger partial charge in [0.05, 0.1) is 12.9 Å². The first kappa shape index (κ1) is 28.6. The van der Waals surface area contributed by atoms with E-state index in [1.54, 1.807) is 10.9 Å². The normalized spacial score (nSPS) is 13.1. The molecule has 11 heteroatoms. The first-order valence-corrected chi connectivity index (χ1v) is 18.4. The number of hydrogen-bond acceptors (Lipinski definition) is 6. The number of fused-ring (bicyclic) bond motifs is 1. The molecule has 0 spiro atoms. The summed E-state index contributed by atoms with van der Waals surface area (Å²) < 4.78 is 15.1. The molecule has 0 saturated heterocycles. The highest BCUT2D eigenvalue weighted by Crippen LogP contribution is 2.41. The minimum Gasteiger partial charge on any atom is -0.543 e. The predicted octanol–water partition coefficient (Wildman–Crippen LogP) is 5.89. The molecule has 2 N–H and O–H groups in total. The number of aromatic amines is 1. The third-order valence-corrected chi connectivity index (χ3v) is 16.1. The van der Waals surface area contributed by atoms with Crippen LogP contribution in [0.15, 0.2) is 29.3 Å². The number of H-pyrrole nitrogens is 1. The molecule has 0 atom stereocenters. The summed E-state index contributed by atoms with van der Waals surface area (Å²) in [5.74, 6) is 1.30. The van der Waals surface area contributed by atoms with Crippen LogP contribution in [0, 0.1) is 0 Å². The minimum absolute atomic E-state index is 0.0368. The summed E-state index contributed by atoms with van der Waals surface area (Å²) in [6, 6.07) is 6.04. The Hall–Kier alpha value is -2.93. The number of nitrogens with zero attached hydrogens (tertiary/aromatic N) is 3. The molecule has 0 aliphatic rings. The van der Waals surface area contributed by atoms with E-state index in [1.165, 1.54) is 6.92 Å². The number of benzene rings is 1. The summed E-state index contributed by atoms with van der Waals surface area (Å²) in [5, 5.41) is 2.61. The van der Waals surface area contributed by atoms with Gasteiger partial charge in [-0.05, 0) is 54.0 Å². The molecule has 0 unspecified atom stereocenters. The maximum Gasteiger partial charge on any atom is 0.280 e. The van der Waals surface area contributed by atoms with Gasteiger partial charge in [0.25, 0.3) is 5.56 Å². The van der Waals surface area contributed by atoms with E-state index in [0.717, 1.165) is 17.1 Å². The molecule has 1 aromatic carbocycles. The molecule has 0 fully saturated rings. The monoisotopic (exact) mass is 543 g/mol. The van der Waals surface area contributed by atoms with Crippen molar-refractivity contribution in [3.63, 3.8) is 0 Å². The quantitative estimate of drug-likeness (QED) is 0.359. The summed E-state index contributed by atoms with van der Waals surface area (Å²) in [6.07, 6.45) is 1.58. The lowest BCUT2D eigenvalue weighted by atomic mass is 10.2. The Labute approximate surface area is 221 Å². The first-order chi connectivity index (χ1) is 16.8. The summed E-state index contributed by atoms with van der Waals surface area (Å²) >= 11 is 0. The van der Waals surface area contributed by atoms with E-state index >= 15 is 0 Å². The SMILES string of the molecule is CC(=O)Nc1nc2c(ncn2Cc2cc(O[Si](C)(C)C(C)(C)C)cc(O[Si](C)(C)C(C)(C)C)c2)c(=O)[nH]1. The zero-order valence-corrected chi connectivity index (χ0v) is 26.0. The van der Waals surface area contributed by atoms with Gasteiger partial charge in [0.1, 0.15) is 11.5 Å². The Balaban J connectivity index is 2.08. The predicted molar refractivity (Wildman–Crippen MR) is 154 cm³/mol. The van der Waals surface area contributed by atoms with Crippen LogP contribution in [0.2, 0.25) is 36.3 Å². The number of aromatic nitrogens is 4. The lowest BCUT2D eigenvalue weighted by Gasteiger charge is -2.38. The molecular weight excluding hydrogens is 502 g/mol. The van der Waals surface area contributed by atoms with E-state index in [9.17, 15) is 9.59 Å². The summed E-state index contributed by atoms with van der Waals surface area (Å²) in [4.78, 5) is 35.2. The topological polar surface area (TPSA) is 111 Å². The van der Waals surface area contributed by atoms with E-state index < -0.39 is 22.2 Å². The second-order valence-corrected chi connectivity index (χ2v) is 22.1. The number of nitrogens with one attached hydrogen (secondary N) is 2. The Bertz CT molecular complexity index is 1320. The second-order valence-electron chi connectivity index (χ2n) is 12.7. The van der Waals surface area contributed by atoms with Gasteiger partial charge in [0, 0.05) is 13.0 Å². The number of carbonyl (C=O) groups excluding carboxylic acids is 1. The molecule has 0 aliphatic heterocycles. The van der Waals surface area contributed by atoms with Crippen molar-refractivity contribution in [1.29, 1.82) is 0 Å². The molecule has 3 rings (SSSR count). The van der Waals surface area contributed by atoms with Crippen molar-refractivity contribution in [1.82, 2.24) is 19.5 Å². The van der Waals surface area contributed by atoms with Gasteiger partial charge in [-0.2, -0.15) is 4.98 Å². The lowest BCUT2D eigenvalue weighted by molar-refractivity contribution is -0.114. The van der Waals surface area contributed by atoms with Crippen LogP contribution in [0.1, 0.15) is 54.0 Å². The van der Waals surface area contributed by atoms with Gasteiger partial charge < -0.3 is 13.4 Å². The summed E-state index contributed by atoms with van der Waals surface area (Å²) in [6.45, 7) is 23.9. The first-order valence-electron chi connectivity index (χ1n) is 12.5. The van der Waals surface area contributed by atoms with Gasteiger partial charge in [-0.25, -0.2) is 4.98 Å². The Morgan fingerprint density at radius 1 is 0.973 bits per heavy atom. The van der Waals surface area contributed by atoms with Crippen molar-refractivity contribution in [2.75, 3.05) is 5.32 Å². The van der Waals surface area contributed by atoms with Gasteiger partial charge in [0.2, 0.25) is 28.5 Å². The molecule has 3 aromatic rings. The van der Waals surface area contributed by atoms with Gasteiger partial charge in [-0.1, -0.05) is 41.5 Å². The lowest BCUT2D eigenvalue weighted by Crippen LogP contribution is -2.44. The van der Waals surface area contributed by atoms with Gasteiger partial charge >= 0.3 is 0 Å². The number of rotatable bonds is 7. The van der Waals surface area contributed by atoms with Crippen LogP contribution < -0.4 is 19.7 Å². The van der Waals surface area contributed by atoms with Gasteiger partial charge in [-0.3, -0.25) is 19.9 Å². The van der Waals surface area contributed by atoms with E-state index in [1.807, 2.05) is 18.2 Å². The fourth-order valence-corrected chi connectivity index (χ4v) is 5.25. The van der Waals surface area contributed by atoms with Crippen molar-refractivity contribution >= 4 is 39.7 Å². The third kappa shape index (κ3) is 6.50. The van der Waals surface area contributed by atoms with E-state index in [0.29, 0.717) is 12.2 Å². The minimum atomic E-state index is -2.10. The van der Waals surface area contributed by atoms with Crippen molar-refractivity contribution in [3.05, 3.63) is 40.4 Å². The molecule has 0 aliphatic carbocycles. The summed E-state index contributed by atoms with van der Waals surface area (Å²) in [5.41, 5.74) is 1.12. The number of hydrogen-bond donors (Lipinski definition) is 2. The molecule has 202 valence electrons. The Morgan fingerprint density at radius 3 is 1.95 bits per heavy atom. The largest absolute Gasteiger partial charge is 0.543 e. The maximum atomic E-state index is 12.5.